The van der Waals surface area contributed by atoms with E-state index in [1.807, 2.05) is 6.92 Å². The third kappa shape index (κ3) is 4.30. The van der Waals surface area contributed by atoms with Crippen molar-refractivity contribution in [3.63, 3.8) is 0 Å². The van der Waals surface area contributed by atoms with Gasteiger partial charge in [0.15, 0.2) is 5.76 Å². The molecule has 1 rings (SSSR count). The second-order valence-electron chi connectivity index (χ2n) is 4.03. The predicted molar refractivity (Wildman–Crippen MR) is 61.8 cm³/mol. The normalized spacial score (nSPS) is 12.1. The minimum absolute atomic E-state index is 0.0403. The van der Waals surface area contributed by atoms with Gasteiger partial charge in [0.05, 0.1) is 0 Å². The van der Waals surface area contributed by atoms with Crippen LogP contribution in [0.4, 0.5) is 0 Å². The average Bonchev–Trinajstić information content (AvgIpc) is 2.73. The van der Waals surface area contributed by atoms with E-state index in [-0.39, 0.29) is 24.0 Å². The van der Waals surface area contributed by atoms with Crippen LogP contribution in [0.3, 0.4) is 0 Å². The summed E-state index contributed by atoms with van der Waals surface area (Å²) >= 11 is 0. The summed E-state index contributed by atoms with van der Waals surface area (Å²) in [5, 5.41) is 11.2. The number of aliphatic carboxylic acids is 1. The molecular weight excluding hydrogens is 222 g/mol. The lowest BCUT2D eigenvalue weighted by molar-refractivity contribution is -0.137. The Morgan fingerprint density at radius 2 is 2.18 bits per heavy atom. The summed E-state index contributed by atoms with van der Waals surface area (Å²) < 4.78 is 5.28. The Labute approximate surface area is 99.8 Å². The Morgan fingerprint density at radius 1 is 1.47 bits per heavy atom. The molecule has 0 aromatic carbocycles. The van der Waals surface area contributed by atoms with E-state index in [1.165, 1.54) is 0 Å². The molecule has 94 valence electrons. The minimum atomic E-state index is -0.863. The summed E-state index contributed by atoms with van der Waals surface area (Å²) in [6.07, 6.45) is 0.779. The van der Waals surface area contributed by atoms with Crippen LogP contribution in [0.1, 0.15) is 36.6 Å². The maximum Gasteiger partial charge on any atom is 0.303 e. The van der Waals surface area contributed by atoms with Crippen molar-refractivity contribution in [3.05, 3.63) is 23.7 Å². The molecule has 5 nitrogen and oxygen atoms in total. The van der Waals surface area contributed by atoms with Crippen LogP contribution in [-0.2, 0) is 11.2 Å². The second kappa shape index (κ2) is 6.08. The van der Waals surface area contributed by atoms with Crippen LogP contribution < -0.4 is 5.32 Å². The zero-order valence-corrected chi connectivity index (χ0v) is 10.0. The third-order valence-electron chi connectivity index (χ3n) is 2.37. The number of carbonyl (C=O) groups is 2. The largest absolute Gasteiger partial charge is 0.481 e. The summed E-state index contributed by atoms with van der Waals surface area (Å²) in [6.45, 7) is 4.04. The lowest BCUT2D eigenvalue weighted by Gasteiger charge is -2.08. The molecule has 0 bridgehead atoms. The van der Waals surface area contributed by atoms with E-state index in [9.17, 15) is 9.59 Å². The molecule has 0 aliphatic carbocycles. The maximum atomic E-state index is 11.6. The lowest BCUT2D eigenvalue weighted by Crippen LogP contribution is -2.28. The predicted octanol–water partition coefficient (Wildman–Crippen LogP) is 1.68. The topological polar surface area (TPSA) is 79.5 Å². The number of furan rings is 1. The summed E-state index contributed by atoms with van der Waals surface area (Å²) in [5.41, 5.74) is 0. The first-order valence-electron chi connectivity index (χ1n) is 5.61. The molecule has 2 N–H and O–H groups in total. The van der Waals surface area contributed by atoms with E-state index in [0.29, 0.717) is 6.54 Å². The van der Waals surface area contributed by atoms with Gasteiger partial charge in [-0.15, -0.1) is 0 Å². The van der Waals surface area contributed by atoms with Crippen LogP contribution in [0.5, 0.6) is 0 Å². The fraction of sp³-hybridized carbons (Fsp3) is 0.500. The molecule has 1 unspecified atom stereocenters. The van der Waals surface area contributed by atoms with Crippen molar-refractivity contribution in [2.45, 2.75) is 26.7 Å². The number of aryl methyl sites for hydroxylation is 1. The summed E-state index contributed by atoms with van der Waals surface area (Å²) in [7, 11) is 0. The Kier molecular flexibility index (Phi) is 4.75. The molecule has 0 saturated heterocycles. The van der Waals surface area contributed by atoms with Crippen LogP contribution in [0, 0.1) is 5.92 Å². The minimum Gasteiger partial charge on any atom is -0.481 e. The zero-order chi connectivity index (χ0) is 12.8. The molecule has 17 heavy (non-hydrogen) atoms. The maximum absolute atomic E-state index is 11.6. The van der Waals surface area contributed by atoms with Crippen molar-refractivity contribution >= 4 is 11.9 Å². The van der Waals surface area contributed by atoms with Crippen LogP contribution in [0.15, 0.2) is 16.5 Å². The number of hydrogen-bond donors (Lipinski definition) is 2. The van der Waals surface area contributed by atoms with Gasteiger partial charge in [0, 0.05) is 19.4 Å². The molecule has 0 spiro atoms. The van der Waals surface area contributed by atoms with Crippen molar-refractivity contribution in [2.24, 2.45) is 5.92 Å². The Bertz CT molecular complexity index is 397. The Balaban J connectivity index is 2.41. The van der Waals surface area contributed by atoms with E-state index >= 15 is 0 Å². The van der Waals surface area contributed by atoms with Crippen molar-refractivity contribution in [1.29, 1.82) is 0 Å². The van der Waals surface area contributed by atoms with Crippen molar-refractivity contribution in [3.8, 4) is 0 Å². The van der Waals surface area contributed by atoms with Crippen LogP contribution in [0.2, 0.25) is 0 Å². The van der Waals surface area contributed by atoms with Gasteiger partial charge in [0.1, 0.15) is 5.76 Å². The summed E-state index contributed by atoms with van der Waals surface area (Å²) in [5.74, 6) is -0.241. The van der Waals surface area contributed by atoms with E-state index in [4.69, 9.17) is 9.52 Å². The molecule has 0 radical (unpaired) electrons. The first kappa shape index (κ1) is 13.3. The highest BCUT2D eigenvalue weighted by atomic mass is 16.4. The summed E-state index contributed by atoms with van der Waals surface area (Å²) in [4.78, 5) is 22.0. The average molecular weight is 239 g/mol. The first-order valence-corrected chi connectivity index (χ1v) is 5.61. The number of carboxylic acids is 1. The highest BCUT2D eigenvalue weighted by molar-refractivity contribution is 5.91. The molecular formula is C12H17NO4. The Hall–Kier alpha value is -1.78. The number of carboxylic acid groups (broad SMARTS) is 1. The van der Waals surface area contributed by atoms with Gasteiger partial charge in [-0.2, -0.15) is 0 Å². The van der Waals surface area contributed by atoms with Gasteiger partial charge in [-0.05, 0) is 18.1 Å². The number of hydrogen-bond acceptors (Lipinski definition) is 3. The van der Waals surface area contributed by atoms with E-state index in [1.54, 1.807) is 19.1 Å². The smallest absolute Gasteiger partial charge is 0.303 e. The monoisotopic (exact) mass is 239 g/mol. The summed E-state index contributed by atoms with van der Waals surface area (Å²) in [6, 6.07) is 3.38. The standard InChI is InChI=1S/C12H17NO4/c1-3-9-4-5-10(17-9)12(16)13-7-8(2)6-11(14)15/h4-5,8H,3,6-7H2,1-2H3,(H,13,16)(H,14,15). The van der Waals surface area contributed by atoms with Gasteiger partial charge in [0.25, 0.3) is 5.91 Å². The zero-order valence-electron chi connectivity index (χ0n) is 10.0. The molecule has 1 aromatic rings. The molecule has 5 heteroatoms. The second-order valence-corrected chi connectivity index (χ2v) is 4.03. The molecule has 1 amide bonds. The van der Waals surface area contributed by atoms with Crippen LogP contribution >= 0.6 is 0 Å². The van der Waals surface area contributed by atoms with Gasteiger partial charge in [0.2, 0.25) is 0 Å². The van der Waals surface area contributed by atoms with Crippen molar-refractivity contribution < 1.29 is 19.1 Å². The van der Waals surface area contributed by atoms with Gasteiger partial charge in [-0.3, -0.25) is 9.59 Å². The fourth-order valence-electron chi connectivity index (χ4n) is 1.41. The molecule has 0 aliphatic rings. The van der Waals surface area contributed by atoms with Crippen molar-refractivity contribution in [2.75, 3.05) is 6.54 Å². The highest BCUT2D eigenvalue weighted by Gasteiger charge is 2.13. The van der Waals surface area contributed by atoms with Gasteiger partial charge in [-0.1, -0.05) is 13.8 Å². The Morgan fingerprint density at radius 3 is 2.71 bits per heavy atom. The van der Waals surface area contributed by atoms with Gasteiger partial charge in [-0.25, -0.2) is 0 Å². The number of nitrogens with one attached hydrogen (secondary N) is 1. The van der Waals surface area contributed by atoms with E-state index in [0.717, 1.165) is 12.2 Å². The van der Waals surface area contributed by atoms with Crippen LogP contribution in [-0.4, -0.2) is 23.5 Å². The third-order valence-corrected chi connectivity index (χ3v) is 2.37. The first-order chi connectivity index (χ1) is 8.02. The van der Waals surface area contributed by atoms with Crippen molar-refractivity contribution in [1.82, 2.24) is 5.32 Å². The molecule has 0 aliphatic heterocycles. The number of rotatable bonds is 6. The fourth-order valence-corrected chi connectivity index (χ4v) is 1.41. The quantitative estimate of drug-likeness (QED) is 0.791. The van der Waals surface area contributed by atoms with Gasteiger partial charge >= 0.3 is 5.97 Å². The molecule has 0 saturated carbocycles. The van der Waals surface area contributed by atoms with E-state index < -0.39 is 5.97 Å². The molecule has 0 fully saturated rings. The molecule has 1 atom stereocenters. The number of amides is 1. The van der Waals surface area contributed by atoms with Crippen LogP contribution in [0.25, 0.3) is 0 Å². The molecule has 1 heterocycles. The SMILES string of the molecule is CCc1ccc(C(=O)NCC(C)CC(=O)O)o1. The van der Waals surface area contributed by atoms with Gasteiger partial charge < -0.3 is 14.8 Å². The van der Waals surface area contributed by atoms with E-state index in [2.05, 4.69) is 5.32 Å². The lowest BCUT2D eigenvalue weighted by atomic mass is 10.1. The highest BCUT2D eigenvalue weighted by Crippen LogP contribution is 2.08. The molecule has 1 aromatic heterocycles. The number of carbonyl (C=O) groups excluding carboxylic acids is 1.